The molecule has 2 rings (SSSR count). The molecule has 2 fully saturated rings. The van der Waals surface area contributed by atoms with E-state index in [1.54, 1.807) is 0 Å². The third-order valence-corrected chi connectivity index (χ3v) is 3.54. The number of piperidine rings is 1. The van der Waals surface area contributed by atoms with E-state index < -0.39 is 18.0 Å². The number of rotatable bonds is 3. The second kappa shape index (κ2) is 4.39. The van der Waals surface area contributed by atoms with Crippen molar-refractivity contribution in [3.63, 3.8) is 0 Å². The van der Waals surface area contributed by atoms with Crippen molar-refractivity contribution in [2.45, 2.75) is 19.3 Å². The number of likely N-dealkylation sites (tertiary alicyclic amines) is 1. The number of carboxylic acid groups (broad SMARTS) is 1. The van der Waals surface area contributed by atoms with Gasteiger partial charge in [-0.25, -0.2) is 4.79 Å². The predicted octanol–water partition coefficient (Wildman–Crippen LogP) is 1.50. The van der Waals surface area contributed by atoms with Gasteiger partial charge in [0.05, 0.1) is 5.92 Å². The Balaban J connectivity index is 1.99. The number of amides is 1. The van der Waals surface area contributed by atoms with Crippen LogP contribution in [0, 0.1) is 11.3 Å². The number of carbonyl (C=O) groups excluding carboxylic acids is 1. The fourth-order valence-electron chi connectivity index (χ4n) is 2.45. The molecule has 0 aromatic heterocycles. The molecule has 1 N–H and O–H groups in total. The van der Waals surface area contributed by atoms with Gasteiger partial charge in [0.25, 0.3) is 0 Å². The summed E-state index contributed by atoms with van der Waals surface area (Å²) in [5.41, 5.74) is 0.0501. The van der Waals surface area contributed by atoms with E-state index in [1.807, 2.05) is 0 Å². The van der Waals surface area contributed by atoms with Crippen LogP contribution >= 0.6 is 0 Å². The Morgan fingerprint density at radius 2 is 2.24 bits per heavy atom. The minimum absolute atomic E-state index is 0.0501. The summed E-state index contributed by atoms with van der Waals surface area (Å²) in [6.45, 7) is 4.53. The first-order valence-corrected chi connectivity index (χ1v) is 5.82. The zero-order valence-corrected chi connectivity index (χ0v) is 9.72. The highest BCUT2D eigenvalue weighted by Crippen LogP contribution is 2.53. The molecule has 94 valence electrons. The molecule has 1 saturated heterocycles. The maximum Gasteiger partial charge on any atom is 0.410 e. The summed E-state index contributed by atoms with van der Waals surface area (Å²) in [7, 11) is 0. The maximum atomic E-state index is 11.7. The van der Waals surface area contributed by atoms with Gasteiger partial charge in [-0.05, 0) is 24.7 Å². The molecule has 2 aliphatic rings. The number of aliphatic carboxylic acids is 1. The second-order valence-corrected chi connectivity index (χ2v) is 4.99. The fraction of sp³-hybridized carbons (Fsp3) is 0.667. The first-order valence-electron chi connectivity index (χ1n) is 5.82. The molecule has 0 aromatic rings. The van der Waals surface area contributed by atoms with E-state index in [9.17, 15) is 9.59 Å². The number of carboxylic acids is 1. The van der Waals surface area contributed by atoms with Crippen LogP contribution in [-0.2, 0) is 9.53 Å². The number of carbonyl (C=O) groups is 2. The molecule has 5 nitrogen and oxygen atoms in total. The average Bonchev–Trinajstić information content (AvgIpc) is 3.04. The second-order valence-electron chi connectivity index (χ2n) is 4.99. The molecule has 0 radical (unpaired) electrons. The molecule has 0 bridgehead atoms. The average molecular weight is 239 g/mol. The molecule has 1 heterocycles. The van der Waals surface area contributed by atoms with Gasteiger partial charge < -0.3 is 14.7 Å². The minimum atomic E-state index is -0.822. The van der Waals surface area contributed by atoms with Crippen LogP contribution in [-0.4, -0.2) is 41.8 Å². The molecule has 1 aliphatic heterocycles. The van der Waals surface area contributed by atoms with Crippen LogP contribution in [0.5, 0.6) is 0 Å². The van der Waals surface area contributed by atoms with E-state index in [4.69, 9.17) is 9.84 Å². The van der Waals surface area contributed by atoms with Crippen molar-refractivity contribution in [1.82, 2.24) is 4.90 Å². The largest absolute Gasteiger partial charge is 0.481 e. The van der Waals surface area contributed by atoms with Crippen LogP contribution in [0.3, 0.4) is 0 Å². The first-order chi connectivity index (χ1) is 8.06. The normalized spacial score (nSPS) is 25.4. The molecular formula is C12H17NO4. The van der Waals surface area contributed by atoms with Gasteiger partial charge in [0, 0.05) is 13.1 Å². The zero-order chi connectivity index (χ0) is 12.5. The molecule has 5 heteroatoms. The van der Waals surface area contributed by atoms with E-state index in [0.29, 0.717) is 13.0 Å². The Kier molecular flexibility index (Phi) is 3.09. The lowest BCUT2D eigenvalue weighted by Crippen LogP contribution is -2.47. The molecular weight excluding hydrogens is 222 g/mol. The Bertz CT molecular complexity index is 348. The molecule has 1 spiro atoms. The molecule has 1 atom stereocenters. The maximum absolute atomic E-state index is 11.7. The van der Waals surface area contributed by atoms with Gasteiger partial charge in [-0.3, -0.25) is 4.79 Å². The van der Waals surface area contributed by atoms with Crippen molar-refractivity contribution < 1.29 is 19.4 Å². The van der Waals surface area contributed by atoms with Gasteiger partial charge in [0.15, 0.2) is 0 Å². The lowest BCUT2D eigenvalue weighted by Gasteiger charge is -2.35. The van der Waals surface area contributed by atoms with Crippen LogP contribution in [0.1, 0.15) is 19.3 Å². The van der Waals surface area contributed by atoms with Crippen LogP contribution in [0.15, 0.2) is 12.7 Å². The van der Waals surface area contributed by atoms with Gasteiger partial charge >= 0.3 is 12.1 Å². The highest BCUT2D eigenvalue weighted by atomic mass is 16.6. The minimum Gasteiger partial charge on any atom is -0.481 e. The number of nitrogens with zero attached hydrogens (tertiary/aromatic N) is 1. The summed E-state index contributed by atoms with van der Waals surface area (Å²) in [4.78, 5) is 24.3. The number of ether oxygens (including phenoxy) is 1. The van der Waals surface area contributed by atoms with Crippen molar-refractivity contribution in [1.29, 1.82) is 0 Å². The third-order valence-electron chi connectivity index (χ3n) is 3.54. The lowest BCUT2D eigenvalue weighted by molar-refractivity contribution is -0.144. The summed E-state index contributed by atoms with van der Waals surface area (Å²) < 4.78 is 4.96. The van der Waals surface area contributed by atoms with Crippen LogP contribution < -0.4 is 0 Å². The van der Waals surface area contributed by atoms with Gasteiger partial charge in [-0.2, -0.15) is 0 Å². The van der Waals surface area contributed by atoms with Crippen molar-refractivity contribution in [3.8, 4) is 0 Å². The summed E-state index contributed by atoms with van der Waals surface area (Å²) >= 11 is 0. The molecule has 1 unspecified atom stereocenters. The highest BCUT2D eigenvalue weighted by molar-refractivity contribution is 5.73. The van der Waals surface area contributed by atoms with E-state index in [1.165, 1.54) is 11.0 Å². The molecule has 1 saturated carbocycles. The molecule has 1 amide bonds. The molecule has 17 heavy (non-hydrogen) atoms. The van der Waals surface area contributed by atoms with Crippen LogP contribution in [0.2, 0.25) is 0 Å². The Labute approximate surface area is 100 Å². The molecule has 1 aliphatic carbocycles. The Morgan fingerprint density at radius 3 is 2.76 bits per heavy atom. The number of hydrogen-bond donors (Lipinski definition) is 1. The summed E-state index contributed by atoms with van der Waals surface area (Å²) in [5, 5.41) is 9.08. The van der Waals surface area contributed by atoms with Crippen molar-refractivity contribution in [2.24, 2.45) is 11.3 Å². The monoisotopic (exact) mass is 239 g/mol. The summed E-state index contributed by atoms with van der Waals surface area (Å²) in [6, 6.07) is 0. The lowest BCUT2D eigenvalue weighted by atomic mass is 9.87. The van der Waals surface area contributed by atoms with E-state index in [0.717, 1.165) is 12.8 Å². The van der Waals surface area contributed by atoms with Gasteiger partial charge in [-0.15, -0.1) is 0 Å². The zero-order valence-electron chi connectivity index (χ0n) is 9.72. The van der Waals surface area contributed by atoms with Crippen molar-refractivity contribution in [2.75, 3.05) is 19.7 Å². The van der Waals surface area contributed by atoms with Crippen molar-refractivity contribution in [3.05, 3.63) is 12.7 Å². The fourth-order valence-corrected chi connectivity index (χ4v) is 2.45. The van der Waals surface area contributed by atoms with Crippen LogP contribution in [0.4, 0.5) is 4.79 Å². The van der Waals surface area contributed by atoms with Gasteiger partial charge in [-0.1, -0.05) is 12.7 Å². The Hall–Kier alpha value is -1.52. The molecule has 0 aromatic carbocycles. The smallest absolute Gasteiger partial charge is 0.410 e. The van der Waals surface area contributed by atoms with E-state index in [2.05, 4.69) is 6.58 Å². The standard InChI is InChI=1S/C12H17NO4/c1-2-5-17-11(16)13-7-9(10(14)15)6-12(8-13)3-4-12/h2,9H,1,3-8H2,(H,14,15). The third kappa shape index (κ3) is 2.60. The number of hydrogen-bond acceptors (Lipinski definition) is 3. The van der Waals surface area contributed by atoms with Crippen LogP contribution in [0.25, 0.3) is 0 Å². The topological polar surface area (TPSA) is 66.8 Å². The quantitative estimate of drug-likeness (QED) is 0.758. The highest BCUT2D eigenvalue weighted by Gasteiger charge is 2.51. The Morgan fingerprint density at radius 1 is 1.53 bits per heavy atom. The van der Waals surface area contributed by atoms with Crippen molar-refractivity contribution >= 4 is 12.1 Å². The van der Waals surface area contributed by atoms with Gasteiger partial charge in [0.2, 0.25) is 0 Å². The summed E-state index contributed by atoms with van der Waals surface area (Å²) in [5.74, 6) is -1.28. The SMILES string of the molecule is C=CCOC(=O)N1CC(C(=O)O)CC2(CC2)C1. The van der Waals surface area contributed by atoms with Gasteiger partial charge in [0.1, 0.15) is 6.61 Å². The predicted molar refractivity (Wildman–Crippen MR) is 60.5 cm³/mol. The summed E-state index contributed by atoms with van der Waals surface area (Å²) in [6.07, 6.45) is 3.79. The first kappa shape index (κ1) is 12.0. The van der Waals surface area contributed by atoms with E-state index in [-0.39, 0.29) is 18.6 Å². The van der Waals surface area contributed by atoms with E-state index >= 15 is 0 Å².